The minimum absolute atomic E-state index is 0.0710. The van der Waals surface area contributed by atoms with Crippen LogP contribution in [0.4, 0.5) is 5.69 Å². The summed E-state index contributed by atoms with van der Waals surface area (Å²) in [4.78, 5) is 2.09. The molecule has 9 heteroatoms. The predicted octanol–water partition coefficient (Wildman–Crippen LogP) is 11.7. The fourth-order valence-corrected chi connectivity index (χ4v) is 11.0. The van der Waals surface area contributed by atoms with E-state index in [9.17, 15) is 0 Å². The summed E-state index contributed by atoms with van der Waals surface area (Å²) in [7, 11) is -8.03. The molecular weight excluding hydrogens is 700 g/mol. The van der Waals surface area contributed by atoms with Crippen molar-refractivity contribution in [2.45, 2.75) is 50.8 Å². The molecule has 0 aliphatic carbocycles. The molecule has 0 bridgehead atoms. The van der Waals surface area contributed by atoms with Crippen molar-refractivity contribution in [3.8, 4) is 0 Å². The van der Waals surface area contributed by atoms with E-state index in [0.717, 1.165) is 39.1 Å². The van der Waals surface area contributed by atoms with Crippen molar-refractivity contribution < 1.29 is 27.2 Å². The molecule has 0 N–H and O–H groups in total. The van der Waals surface area contributed by atoms with Crippen molar-refractivity contribution >= 4 is 20.9 Å². The third-order valence-electron chi connectivity index (χ3n) is 9.36. The maximum absolute atomic E-state index is 15.7. The second kappa shape index (κ2) is 17.5. The van der Waals surface area contributed by atoms with Crippen molar-refractivity contribution in [3.63, 3.8) is 0 Å². The number of nitrogens with zero attached hydrogens (tertiary/aromatic N) is 1. The Labute approximate surface area is 312 Å². The maximum Gasteiger partial charge on any atom is 0.353 e. The van der Waals surface area contributed by atoms with Gasteiger partial charge in [0.2, 0.25) is 0 Å². The van der Waals surface area contributed by atoms with Crippen LogP contribution in [0.1, 0.15) is 45.5 Å². The van der Waals surface area contributed by atoms with Gasteiger partial charge in [-0.3, -0.25) is 9.13 Å². The summed E-state index contributed by atoms with van der Waals surface area (Å²) < 4.78 is 57.1. The highest BCUT2D eigenvalue weighted by Crippen LogP contribution is 2.70. The molecule has 0 fully saturated rings. The van der Waals surface area contributed by atoms with Crippen LogP contribution in [0.2, 0.25) is 0 Å². The molecule has 0 aromatic heterocycles. The number of para-hydroxylation sites is 1. The molecule has 0 radical (unpaired) electrons. The zero-order valence-corrected chi connectivity index (χ0v) is 31.2. The van der Waals surface area contributed by atoms with Crippen molar-refractivity contribution in [1.29, 1.82) is 0 Å². The smallest absolute Gasteiger partial charge is 0.353 e. The van der Waals surface area contributed by atoms with Crippen LogP contribution in [0.15, 0.2) is 176 Å². The standard InChI is InChI=1S/C44H43NO6P2/c46-52(48-32-37-20-8-2-9-21-37,49-33-38-22-10-3-11-23-38)43-30-44(45(31-36-18-6-1-7-19-36)42-29-17-16-28-41(42)43)53(47,50-34-39-24-12-4-13-25-39)51-35-40-26-14-5-15-27-40/h1-29,43-44H,30-35H2. The first-order valence-corrected chi connectivity index (χ1v) is 21.0. The predicted molar refractivity (Wildman–Crippen MR) is 210 cm³/mol. The number of benzene rings is 6. The Kier molecular flexibility index (Phi) is 12.1. The Balaban J connectivity index is 1.32. The highest BCUT2D eigenvalue weighted by Gasteiger charge is 2.52. The summed E-state index contributed by atoms with van der Waals surface area (Å²) in [5.74, 6) is -0.844. The van der Waals surface area contributed by atoms with Crippen LogP contribution in [0.25, 0.3) is 0 Å². The van der Waals surface area contributed by atoms with Crippen molar-refractivity contribution in [3.05, 3.63) is 209 Å². The zero-order valence-electron chi connectivity index (χ0n) is 29.4. The Morgan fingerprint density at radius 3 is 1.19 bits per heavy atom. The quantitative estimate of drug-likeness (QED) is 0.0914. The summed E-state index contributed by atoms with van der Waals surface area (Å²) in [6.45, 7) is 0.721. The largest absolute Gasteiger partial charge is 0.353 e. The van der Waals surface area contributed by atoms with Gasteiger partial charge in [-0.15, -0.1) is 0 Å². The fraction of sp³-hybridized carbons (Fsp3) is 0.182. The van der Waals surface area contributed by atoms with Crippen LogP contribution in [0.5, 0.6) is 0 Å². The van der Waals surface area contributed by atoms with Crippen LogP contribution in [-0.2, 0) is 60.2 Å². The van der Waals surface area contributed by atoms with Gasteiger partial charge in [-0.25, -0.2) is 0 Å². The van der Waals surface area contributed by atoms with Gasteiger partial charge in [0.05, 0.1) is 32.1 Å². The van der Waals surface area contributed by atoms with E-state index in [4.69, 9.17) is 18.1 Å². The van der Waals surface area contributed by atoms with Crippen molar-refractivity contribution in [2.75, 3.05) is 4.90 Å². The van der Waals surface area contributed by atoms with Gasteiger partial charge in [-0.1, -0.05) is 170 Å². The molecule has 7 nitrogen and oxygen atoms in total. The SMILES string of the molecule is O=P(OCc1ccccc1)(OCc1ccccc1)C1CC(P(=O)(OCc2ccccc2)OCc2ccccc2)N(Cc2ccccc2)c2ccccc21. The topological polar surface area (TPSA) is 74.3 Å². The van der Waals surface area contributed by atoms with E-state index in [-0.39, 0.29) is 32.8 Å². The van der Waals surface area contributed by atoms with E-state index in [2.05, 4.69) is 4.90 Å². The lowest BCUT2D eigenvalue weighted by atomic mass is 10.00. The van der Waals surface area contributed by atoms with Gasteiger partial charge in [0.25, 0.3) is 0 Å². The molecule has 0 spiro atoms. The highest BCUT2D eigenvalue weighted by molar-refractivity contribution is 7.55. The molecule has 6 aromatic rings. The zero-order chi connectivity index (χ0) is 36.4. The molecule has 2 unspecified atom stereocenters. The van der Waals surface area contributed by atoms with E-state index < -0.39 is 26.6 Å². The van der Waals surface area contributed by atoms with Gasteiger partial charge in [0.15, 0.2) is 0 Å². The molecular formula is C44H43NO6P2. The van der Waals surface area contributed by atoms with Gasteiger partial charge in [0, 0.05) is 12.2 Å². The normalized spacial score (nSPS) is 15.9. The Morgan fingerprint density at radius 1 is 0.434 bits per heavy atom. The van der Waals surface area contributed by atoms with Gasteiger partial charge in [-0.05, 0) is 45.9 Å². The average Bonchev–Trinajstić information content (AvgIpc) is 3.22. The fourth-order valence-electron chi connectivity index (χ4n) is 6.60. The summed E-state index contributed by atoms with van der Waals surface area (Å²) in [5.41, 5.74) is 5.27. The van der Waals surface area contributed by atoms with Crippen LogP contribution < -0.4 is 4.90 Å². The molecule has 1 aliphatic rings. The molecule has 0 saturated heterocycles. The highest BCUT2D eigenvalue weighted by atomic mass is 31.2. The van der Waals surface area contributed by atoms with Gasteiger partial charge < -0.3 is 23.0 Å². The molecule has 0 saturated carbocycles. The van der Waals surface area contributed by atoms with Gasteiger partial charge in [-0.2, -0.15) is 0 Å². The van der Waals surface area contributed by atoms with Crippen LogP contribution in [0, 0.1) is 0 Å². The Bertz CT molecular complexity index is 2030. The molecule has 270 valence electrons. The van der Waals surface area contributed by atoms with E-state index in [1.165, 1.54) is 0 Å². The van der Waals surface area contributed by atoms with E-state index in [1.54, 1.807) is 0 Å². The lowest BCUT2D eigenvalue weighted by Crippen LogP contribution is -2.41. The number of fused-ring (bicyclic) bond motifs is 1. The first-order valence-electron chi connectivity index (χ1n) is 17.8. The summed E-state index contributed by atoms with van der Waals surface area (Å²) in [6.07, 6.45) is 0.131. The minimum Gasteiger partial charge on any atom is -0.353 e. The maximum atomic E-state index is 15.7. The first-order chi connectivity index (χ1) is 26.0. The molecule has 1 heterocycles. The van der Waals surface area contributed by atoms with Crippen LogP contribution >= 0.6 is 15.2 Å². The summed E-state index contributed by atoms with van der Waals surface area (Å²) in [6, 6.07) is 56.5. The van der Waals surface area contributed by atoms with Crippen molar-refractivity contribution in [1.82, 2.24) is 0 Å². The van der Waals surface area contributed by atoms with Gasteiger partial charge >= 0.3 is 15.2 Å². The lowest BCUT2D eigenvalue weighted by Gasteiger charge is -2.45. The summed E-state index contributed by atoms with van der Waals surface area (Å²) in [5, 5.41) is 0. The third-order valence-corrected chi connectivity index (χ3v) is 13.8. The Morgan fingerprint density at radius 2 is 0.774 bits per heavy atom. The second-order valence-electron chi connectivity index (χ2n) is 13.0. The van der Waals surface area contributed by atoms with E-state index in [0.29, 0.717) is 6.54 Å². The van der Waals surface area contributed by atoms with Crippen LogP contribution in [0.3, 0.4) is 0 Å². The monoisotopic (exact) mass is 743 g/mol. The van der Waals surface area contributed by atoms with Gasteiger partial charge in [0.1, 0.15) is 5.78 Å². The van der Waals surface area contributed by atoms with E-state index >= 15 is 9.13 Å². The molecule has 7 rings (SSSR count). The Hall–Kier alpha value is -4.58. The number of anilines is 1. The molecule has 6 aromatic carbocycles. The molecule has 2 atom stereocenters. The lowest BCUT2D eigenvalue weighted by molar-refractivity contribution is 0.172. The molecule has 0 amide bonds. The number of rotatable bonds is 16. The number of hydrogen-bond donors (Lipinski definition) is 0. The minimum atomic E-state index is -4.04. The van der Waals surface area contributed by atoms with Crippen molar-refractivity contribution in [2.24, 2.45) is 0 Å². The third kappa shape index (κ3) is 9.33. The molecule has 1 aliphatic heterocycles. The summed E-state index contributed by atoms with van der Waals surface area (Å²) >= 11 is 0. The second-order valence-corrected chi connectivity index (χ2v) is 17.4. The first kappa shape index (κ1) is 36.8. The van der Waals surface area contributed by atoms with Crippen LogP contribution in [-0.4, -0.2) is 5.78 Å². The average molecular weight is 744 g/mol. The van der Waals surface area contributed by atoms with E-state index in [1.807, 2.05) is 176 Å². The number of hydrogen-bond acceptors (Lipinski definition) is 7. The molecule has 53 heavy (non-hydrogen) atoms.